The van der Waals surface area contributed by atoms with E-state index in [4.69, 9.17) is 4.99 Å². The Morgan fingerprint density at radius 1 is 1.04 bits per heavy atom. The van der Waals surface area contributed by atoms with Gasteiger partial charge < -0.3 is 10.6 Å². The number of hydrogen-bond acceptors (Lipinski definition) is 3. The summed E-state index contributed by atoms with van der Waals surface area (Å²) < 4.78 is 23.5. The molecule has 0 spiro atoms. The van der Waals surface area contributed by atoms with Crippen LogP contribution in [0.4, 0.5) is 0 Å². The van der Waals surface area contributed by atoms with Crippen molar-refractivity contribution < 1.29 is 8.42 Å². The number of sulfone groups is 1. The maximum Gasteiger partial charge on any atom is 0.191 e. The van der Waals surface area contributed by atoms with Crippen molar-refractivity contribution in [2.75, 3.05) is 24.6 Å². The van der Waals surface area contributed by atoms with Gasteiger partial charge in [0, 0.05) is 19.1 Å². The number of rotatable bonds is 5. The fraction of sp³-hybridized carbons (Fsp3) is 0.952. The maximum atomic E-state index is 11.7. The van der Waals surface area contributed by atoms with Gasteiger partial charge in [-0.3, -0.25) is 4.99 Å². The molecule has 2 saturated carbocycles. The van der Waals surface area contributed by atoms with Gasteiger partial charge in [-0.1, -0.05) is 39.5 Å². The van der Waals surface area contributed by atoms with Gasteiger partial charge >= 0.3 is 0 Å². The Kier molecular flexibility index (Phi) is 7.09. The van der Waals surface area contributed by atoms with Crippen molar-refractivity contribution in [3.63, 3.8) is 0 Å². The molecule has 3 rings (SSSR count). The number of hydrogen-bond donors (Lipinski definition) is 2. The quantitative estimate of drug-likeness (QED) is 0.550. The van der Waals surface area contributed by atoms with E-state index in [0.717, 1.165) is 24.8 Å². The van der Waals surface area contributed by atoms with Gasteiger partial charge in [0.15, 0.2) is 15.8 Å². The summed E-state index contributed by atoms with van der Waals surface area (Å²) in [5.41, 5.74) is 0.393. The van der Waals surface area contributed by atoms with Gasteiger partial charge in [-0.25, -0.2) is 8.42 Å². The first-order valence-corrected chi connectivity index (χ1v) is 12.9. The van der Waals surface area contributed by atoms with Crippen LogP contribution in [0, 0.1) is 17.3 Å². The number of nitrogens with one attached hydrogen (secondary N) is 2. The molecule has 2 unspecified atom stereocenters. The number of nitrogens with zero attached hydrogens (tertiary/aromatic N) is 1. The Balaban J connectivity index is 1.57. The summed E-state index contributed by atoms with van der Waals surface area (Å²) in [6, 6.07) is 0.471. The van der Waals surface area contributed by atoms with Crippen LogP contribution >= 0.6 is 0 Å². The fourth-order valence-corrected chi connectivity index (χ4v) is 6.89. The Labute approximate surface area is 166 Å². The molecule has 0 aromatic carbocycles. The van der Waals surface area contributed by atoms with E-state index in [1.807, 2.05) is 0 Å². The smallest absolute Gasteiger partial charge is 0.191 e. The van der Waals surface area contributed by atoms with E-state index < -0.39 is 9.84 Å². The summed E-state index contributed by atoms with van der Waals surface area (Å²) in [7, 11) is -2.83. The third-order valence-electron chi connectivity index (χ3n) is 6.66. The molecule has 6 heteroatoms. The minimum Gasteiger partial charge on any atom is -0.356 e. The Hall–Kier alpha value is -0.780. The average molecular weight is 398 g/mol. The van der Waals surface area contributed by atoms with Crippen molar-refractivity contribution in [3.8, 4) is 0 Å². The summed E-state index contributed by atoms with van der Waals surface area (Å²) in [4.78, 5) is 4.83. The first-order valence-electron chi connectivity index (χ1n) is 11.1. The molecule has 1 saturated heterocycles. The molecule has 0 amide bonds. The van der Waals surface area contributed by atoms with Gasteiger partial charge in [0.05, 0.1) is 11.5 Å². The van der Waals surface area contributed by atoms with Crippen molar-refractivity contribution in [2.24, 2.45) is 22.2 Å². The standard InChI is InChI=1S/C21H39N3O2S/c1-21(2)11-6-9-19(13-21)24-20(22-14-17-7-4-3-5-8-17)23-15-18-10-12-27(25,26)16-18/h17-19H,3-16H2,1-2H3,(H2,22,23,24). The van der Waals surface area contributed by atoms with E-state index >= 15 is 0 Å². The van der Waals surface area contributed by atoms with Crippen LogP contribution < -0.4 is 10.6 Å². The molecule has 2 N–H and O–H groups in total. The van der Waals surface area contributed by atoms with E-state index in [1.165, 1.54) is 57.8 Å². The fourth-order valence-electron chi connectivity index (χ4n) is 5.04. The van der Waals surface area contributed by atoms with Crippen LogP contribution in [0.3, 0.4) is 0 Å². The lowest BCUT2D eigenvalue weighted by atomic mass is 9.75. The summed E-state index contributed by atoms with van der Waals surface area (Å²) >= 11 is 0. The summed E-state index contributed by atoms with van der Waals surface area (Å²) in [5, 5.41) is 7.28. The van der Waals surface area contributed by atoms with Gasteiger partial charge in [-0.15, -0.1) is 0 Å². The van der Waals surface area contributed by atoms with Crippen molar-refractivity contribution in [1.82, 2.24) is 10.6 Å². The van der Waals surface area contributed by atoms with E-state index in [-0.39, 0.29) is 5.92 Å². The third-order valence-corrected chi connectivity index (χ3v) is 8.50. The SMILES string of the molecule is CC1(C)CCCC(NC(=NCC2CCS(=O)(=O)C2)NCC2CCCCC2)C1. The minimum atomic E-state index is -2.83. The lowest BCUT2D eigenvalue weighted by Crippen LogP contribution is -2.48. The van der Waals surface area contributed by atoms with Crippen molar-refractivity contribution >= 4 is 15.8 Å². The molecule has 27 heavy (non-hydrogen) atoms. The van der Waals surface area contributed by atoms with Crippen LogP contribution in [0.1, 0.15) is 78.1 Å². The zero-order valence-corrected chi connectivity index (χ0v) is 18.1. The molecular formula is C21H39N3O2S. The van der Waals surface area contributed by atoms with E-state index in [1.54, 1.807) is 0 Å². The Morgan fingerprint density at radius 2 is 1.81 bits per heavy atom. The Bertz CT molecular complexity index is 609. The zero-order chi connectivity index (χ0) is 19.3. The molecule has 0 bridgehead atoms. The zero-order valence-electron chi connectivity index (χ0n) is 17.3. The van der Waals surface area contributed by atoms with Crippen LogP contribution in [-0.2, 0) is 9.84 Å². The second-order valence-electron chi connectivity index (χ2n) is 9.95. The molecule has 3 fully saturated rings. The van der Waals surface area contributed by atoms with E-state index in [9.17, 15) is 8.42 Å². The second-order valence-corrected chi connectivity index (χ2v) is 12.2. The first kappa shape index (κ1) is 20.9. The molecule has 3 aliphatic rings. The number of aliphatic imine (C=N–C) groups is 1. The number of guanidine groups is 1. The van der Waals surface area contributed by atoms with Crippen LogP contribution in [0.2, 0.25) is 0 Å². The van der Waals surface area contributed by atoms with E-state index in [0.29, 0.717) is 29.5 Å². The monoisotopic (exact) mass is 397 g/mol. The topological polar surface area (TPSA) is 70.6 Å². The molecular weight excluding hydrogens is 358 g/mol. The van der Waals surface area contributed by atoms with Gasteiger partial charge in [-0.05, 0) is 55.8 Å². The minimum absolute atomic E-state index is 0.186. The molecule has 156 valence electrons. The molecule has 0 aromatic heterocycles. The van der Waals surface area contributed by atoms with Crippen molar-refractivity contribution in [1.29, 1.82) is 0 Å². The molecule has 5 nitrogen and oxygen atoms in total. The van der Waals surface area contributed by atoms with E-state index in [2.05, 4.69) is 24.5 Å². The molecule has 2 aliphatic carbocycles. The van der Waals surface area contributed by atoms with Gasteiger partial charge in [-0.2, -0.15) is 0 Å². The molecule has 0 radical (unpaired) electrons. The average Bonchev–Trinajstić information content (AvgIpc) is 2.96. The first-order chi connectivity index (χ1) is 12.8. The normalized spacial score (nSPS) is 31.6. The van der Waals surface area contributed by atoms with Gasteiger partial charge in [0.25, 0.3) is 0 Å². The predicted molar refractivity (Wildman–Crippen MR) is 113 cm³/mol. The second kappa shape index (κ2) is 9.15. The molecule has 1 heterocycles. The highest BCUT2D eigenvalue weighted by molar-refractivity contribution is 7.91. The van der Waals surface area contributed by atoms with Crippen molar-refractivity contribution in [3.05, 3.63) is 0 Å². The molecule has 1 aliphatic heterocycles. The Morgan fingerprint density at radius 3 is 2.48 bits per heavy atom. The highest BCUT2D eigenvalue weighted by atomic mass is 32.2. The summed E-state index contributed by atoms with van der Waals surface area (Å²) in [6.07, 6.45) is 12.4. The molecule has 2 atom stereocenters. The predicted octanol–water partition coefficient (Wildman–Crippen LogP) is 3.51. The molecule has 0 aromatic rings. The maximum absolute atomic E-state index is 11.7. The highest BCUT2D eigenvalue weighted by Gasteiger charge is 2.30. The third kappa shape index (κ3) is 6.95. The van der Waals surface area contributed by atoms with Crippen LogP contribution in [-0.4, -0.2) is 45.0 Å². The van der Waals surface area contributed by atoms with Gasteiger partial charge in [0.1, 0.15) is 0 Å². The van der Waals surface area contributed by atoms with Crippen LogP contribution in [0.5, 0.6) is 0 Å². The summed E-state index contributed by atoms with van der Waals surface area (Å²) in [6.45, 7) is 6.33. The van der Waals surface area contributed by atoms with Crippen LogP contribution in [0.25, 0.3) is 0 Å². The van der Waals surface area contributed by atoms with Crippen molar-refractivity contribution in [2.45, 2.75) is 84.1 Å². The summed E-state index contributed by atoms with van der Waals surface area (Å²) in [5.74, 6) is 2.49. The lowest BCUT2D eigenvalue weighted by Gasteiger charge is -2.36. The largest absolute Gasteiger partial charge is 0.356 e. The highest BCUT2D eigenvalue weighted by Crippen LogP contribution is 2.35. The lowest BCUT2D eigenvalue weighted by molar-refractivity contribution is 0.210. The van der Waals surface area contributed by atoms with Crippen LogP contribution in [0.15, 0.2) is 4.99 Å². The van der Waals surface area contributed by atoms with Gasteiger partial charge in [0.2, 0.25) is 0 Å².